The summed E-state index contributed by atoms with van der Waals surface area (Å²) < 4.78 is 40.9. The molecule has 2 N–H and O–H groups in total. The van der Waals surface area contributed by atoms with Gasteiger partial charge < -0.3 is 20.1 Å². The van der Waals surface area contributed by atoms with Crippen LogP contribution in [0.2, 0.25) is 0 Å². The van der Waals surface area contributed by atoms with Crippen molar-refractivity contribution in [2.45, 2.75) is 38.2 Å². The molecule has 2 fully saturated rings. The van der Waals surface area contributed by atoms with E-state index in [1.54, 1.807) is 30.3 Å². The Hall–Kier alpha value is -3.34. The van der Waals surface area contributed by atoms with E-state index in [9.17, 15) is 13.6 Å². The molecule has 0 bridgehead atoms. The van der Waals surface area contributed by atoms with E-state index in [4.69, 9.17) is 15.2 Å². The van der Waals surface area contributed by atoms with Crippen LogP contribution in [0.1, 0.15) is 37.9 Å². The normalized spacial score (nSPS) is 21.2. The third-order valence-electron chi connectivity index (χ3n) is 6.35. The van der Waals surface area contributed by atoms with Crippen molar-refractivity contribution in [1.82, 2.24) is 19.5 Å². The fourth-order valence-electron chi connectivity index (χ4n) is 4.55. The number of fused-ring (bicyclic) bond motifs is 1. The number of halogens is 2. The summed E-state index contributed by atoms with van der Waals surface area (Å²) >= 11 is 0. The maximum atomic E-state index is 14.0. The molecular weight excluding hydrogens is 446 g/mol. The van der Waals surface area contributed by atoms with Crippen LogP contribution in [0.5, 0.6) is 5.88 Å². The standard InChI is InChI=1S/C23H26F2N6O3/c24-20(25)22-27-16-3-1-2-4-17(16)31(22)18-13-19(29-23(28-18)30-9-11-33-12-10-30)34-15-7-5-14(6-8-15)21(26)32/h1-4,13-15,20H,5-12H2,(H2,26,32)/t14-,15-. The summed E-state index contributed by atoms with van der Waals surface area (Å²) in [5.41, 5.74) is 6.42. The summed E-state index contributed by atoms with van der Waals surface area (Å²) in [7, 11) is 0. The van der Waals surface area contributed by atoms with Crippen LogP contribution in [0.3, 0.4) is 0 Å². The van der Waals surface area contributed by atoms with Crippen molar-refractivity contribution in [1.29, 1.82) is 0 Å². The monoisotopic (exact) mass is 472 g/mol. The van der Waals surface area contributed by atoms with E-state index < -0.39 is 6.43 Å². The molecule has 1 amide bonds. The number of para-hydroxylation sites is 2. The molecule has 3 aromatic rings. The lowest BCUT2D eigenvalue weighted by molar-refractivity contribution is -0.123. The molecule has 34 heavy (non-hydrogen) atoms. The number of benzene rings is 1. The van der Waals surface area contributed by atoms with E-state index in [0.717, 1.165) is 0 Å². The highest BCUT2D eigenvalue weighted by molar-refractivity contribution is 5.78. The summed E-state index contributed by atoms with van der Waals surface area (Å²) in [5, 5.41) is 0. The number of aromatic nitrogens is 4. The third kappa shape index (κ3) is 4.52. The Labute approximate surface area is 194 Å². The number of nitrogens with zero attached hydrogens (tertiary/aromatic N) is 5. The molecule has 2 aliphatic rings. The minimum atomic E-state index is -2.79. The average Bonchev–Trinajstić information content (AvgIpc) is 3.25. The number of carbonyl (C=O) groups excluding carboxylic acids is 1. The first kappa shape index (κ1) is 22.5. The number of amides is 1. The molecule has 2 aromatic heterocycles. The topological polar surface area (TPSA) is 108 Å². The average molecular weight is 472 g/mol. The summed E-state index contributed by atoms with van der Waals surface area (Å²) in [6.07, 6.45) is -0.314. The third-order valence-corrected chi connectivity index (χ3v) is 6.35. The highest BCUT2D eigenvalue weighted by Crippen LogP contribution is 2.31. The molecule has 0 spiro atoms. The molecule has 1 saturated carbocycles. The zero-order valence-electron chi connectivity index (χ0n) is 18.6. The van der Waals surface area contributed by atoms with Crippen molar-refractivity contribution in [3.8, 4) is 11.7 Å². The first-order chi connectivity index (χ1) is 16.5. The van der Waals surface area contributed by atoms with Crippen LogP contribution < -0.4 is 15.4 Å². The van der Waals surface area contributed by atoms with Crippen molar-refractivity contribution >= 4 is 22.9 Å². The van der Waals surface area contributed by atoms with Gasteiger partial charge >= 0.3 is 0 Å². The van der Waals surface area contributed by atoms with Gasteiger partial charge in [-0.05, 0) is 37.8 Å². The van der Waals surface area contributed by atoms with Gasteiger partial charge in [0.2, 0.25) is 17.7 Å². The summed E-state index contributed by atoms with van der Waals surface area (Å²) in [6.45, 7) is 2.21. The Morgan fingerprint density at radius 1 is 1.09 bits per heavy atom. The van der Waals surface area contributed by atoms with Crippen LogP contribution in [-0.2, 0) is 9.53 Å². The number of rotatable bonds is 6. The van der Waals surface area contributed by atoms with Crippen molar-refractivity contribution < 1.29 is 23.0 Å². The maximum absolute atomic E-state index is 14.0. The summed E-state index contributed by atoms with van der Waals surface area (Å²) in [5.74, 6) is 0.133. The van der Waals surface area contributed by atoms with Gasteiger partial charge in [-0.3, -0.25) is 9.36 Å². The smallest absolute Gasteiger partial charge is 0.296 e. The second kappa shape index (κ2) is 9.49. The number of morpholine rings is 1. The van der Waals surface area contributed by atoms with E-state index in [0.29, 0.717) is 74.8 Å². The maximum Gasteiger partial charge on any atom is 0.296 e. The van der Waals surface area contributed by atoms with Crippen LogP contribution in [-0.4, -0.2) is 57.8 Å². The minimum absolute atomic E-state index is 0.143. The van der Waals surface area contributed by atoms with Crippen LogP contribution in [0.4, 0.5) is 14.7 Å². The number of anilines is 1. The summed E-state index contributed by atoms with van der Waals surface area (Å²) in [4.78, 5) is 26.8. The van der Waals surface area contributed by atoms with Gasteiger partial charge in [0.15, 0.2) is 5.82 Å². The minimum Gasteiger partial charge on any atom is -0.474 e. The van der Waals surface area contributed by atoms with Gasteiger partial charge in [-0.2, -0.15) is 9.97 Å². The van der Waals surface area contributed by atoms with Crippen molar-refractivity contribution in [2.75, 3.05) is 31.2 Å². The molecule has 1 aliphatic carbocycles. The van der Waals surface area contributed by atoms with E-state index in [1.165, 1.54) is 4.57 Å². The van der Waals surface area contributed by atoms with Crippen molar-refractivity contribution in [3.63, 3.8) is 0 Å². The molecule has 3 heterocycles. The number of imidazole rings is 1. The van der Waals surface area contributed by atoms with Gasteiger partial charge in [0.25, 0.3) is 6.43 Å². The molecule has 0 atom stereocenters. The highest BCUT2D eigenvalue weighted by Gasteiger charge is 2.28. The number of hydrogen-bond acceptors (Lipinski definition) is 7. The molecule has 5 rings (SSSR count). The number of nitrogens with two attached hydrogens (primary N) is 1. The van der Waals surface area contributed by atoms with Crippen molar-refractivity contribution in [2.24, 2.45) is 11.7 Å². The molecule has 180 valence electrons. The lowest BCUT2D eigenvalue weighted by Crippen LogP contribution is -2.37. The molecule has 9 nitrogen and oxygen atoms in total. The Kier molecular flexibility index (Phi) is 6.27. The number of primary amides is 1. The quantitative estimate of drug-likeness (QED) is 0.587. The zero-order valence-corrected chi connectivity index (χ0v) is 18.6. The van der Waals surface area contributed by atoms with E-state index in [-0.39, 0.29) is 29.6 Å². The SMILES string of the molecule is NC(=O)[C@H]1CC[C@H](Oc2cc(-n3c(C(F)F)nc4ccccc43)nc(N3CCOCC3)n2)CC1. The van der Waals surface area contributed by atoms with Crippen molar-refractivity contribution in [3.05, 3.63) is 36.2 Å². The van der Waals surface area contributed by atoms with Crippen LogP contribution in [0.15, 0.2) is 30.3 Å². The molecule has 11 heteroatoms. The Balaban J connectivity index is 1.53. The van der Waals surface area contributed by atoms with E-state index in [1.807, 2.05) is 4.90 Å². The van der Waals surface area contributed by atoms with E-state index in [2.05, 4.69) is 15.0 Å². The van der Waals surface area contributed by atoms with Gasteiger partial charge in [0, 0.05) is 25.1 Å². The van der Waals surface area contributed by atoms with Crippen LogP contribution in [0.25, 0.3) is 16.9 Å². The van der Waals surface area contributed by atoms with Gasteiger partial charge in [0.05, 0.1) is 24.2 Å². The van der Waals surface area contributed by atoms with Gasteiger partial charge in [-0.15, -0.1) is 0 Å². The Morgan fingerprint density at radius 2 is 1.82 bits per heavy atom. The van der Waals surface area contributed by atoms with Gasteiger partial charge in [-0.1, -0.05) is 12.1 Å². The summed E-state index contributed by atoms with van der Waals surface area (Å²) in [6, 6.07) is 8.52. The number of hydrogen-bond donors (Lipinski definition) is 1. The lowest BCUT2D eigenvalue weighted by atomic mass is 9.87. The molecule has 0 radical (unpaired) electrons. The van der Waals surface area contributed by atoms with Gasteiger partial charge in [-0.25, -0.2) is 13.8 Å². The zero-order chi connectivity index (χ0) is 23.7. The largest absolute Gasteiger partial charge is 0.474 e. The second-order valence-electron chi connectivity index (χ2n) is 8.55. The second-order valence-corrected chi connectivity index (χ2v) is 8.55. The van der Waals surface area contributed by atoms with Crippen LogP contribution >= 0.6 is 0 Å². The fraction of sp³-hybridized carbons (Fsp3) is 0.478. The van der Waals surface area contributed by atoms with E-state index >= 15 is 0 Å². The van der Waals surface area contributed by atoms with Crippen LogP contribution in [0, 0.1) is 5.92 Å². The predicted molar refractivity (Wildman–Crippen MR) is 120 cm³/mol. The predicted octanol–water partition coefficient (Wildman–Crippen LogP) is 3.01. The number of alkyl halides is 2. The van der Waals surface area contributed by atoms with Gasteiger partial charge in [0.1, 0.15) is 11.9 Å². The Morgan fingerprint density at radius 3 is 2.53 bits per heavy atom. The first-order valence-electron chi connectivity index (χ1n) is 11.4. The fourth-order valence-corrected chi connectivity index (χ4v) is 4.55. The molecule has 1 saturated heterocycles. The molecular formula is C23H26F2N6O3. The Bertz CT molecular complexity index is 1170. The molecule has 1 aromatic carbocycles. The number of ether oxygens (including phenoxy) is 2. The highest BCUT2D eigenvalue weighted by atomic mass is 19.3. The lowest BCUT2D eigenvalue weighted by Gasteiger charge is -2.29. The molecule has 1 aliphatic heterocycles. The molecule has 0 unspecified atom stereocenters. The number of carbonyl (C=O) groups is 1. The first-order valence-corrected chi connectivity index (χ1v) is 11.4.